The van der Waals surface area contributed by atoms with Crippen molar-refractivity contribution in [2.45, 2.75) is 25.9 Å². The molecule has 0 saturated heterocycles. The summed E-state index contributed by atoms with van der Waals surface area (Å²) in [4.78, 5) is 17.5. The molecule has 0 radical (unpaired) electrons. The molecule has 3 heterocycles. The summed E-state index contributed by atoms with van der Waals surface area (Å²) in [7, 11) is 0. The number of aliphatic hydroxyl groups excluding tert-OH is 1. The van der Waals surface area contributed by atoms with E-state index in [0.717, 1.165) is 28.3 Å². The largest absolute Gasteiger partial charge is 0.444 e. The molecule has 192 valence electrons. The Morgan fingerprint density at radius 1 is 1.19 bits per heavy atom. The second kappa shape index (κ2) is 9.74. The van der Waals surface area contributed by atoms with E-state index in [0.29, 0.717) is 41.2 Å². The Morgan fingerprint density at radius 2 is 2.00 bits per heavy atom. The lowest BCUT2D eigenvalue weighted by atomic mass is 9.95. The number of aryl methyl sites for hydroxylation is 1. The predicted molar refractivity (Wildman–Crippen MR) is 133 cm³/mol. The summed E-state index contributed by atoms with van der Waals surface area (Å²) in [6, 6.07) is 8.99. The summed E-state index contributed by atoms with van der Waals surface area (Å²) < 4.78 is 48.4. The molecule has 37 heavy (non-hydrogen) atoms. The molecule has 2 aromatic heterocycles. The first-order chi connectivity index (χ1) is 17.8. The van der Waals surface area contributed by atoms with Gasteiger partial charge in [-0.25, -0.2) is 4.98 Å². The van der Waals surface area contributed by atoms with E-state index in [1.54, 1.807) is 6.20 Å². The molecule has 1 aliphatic heterocycles. The molecular weight excluding hydrogens is 487 g/mol. The number of rotatable bonds is 6. The van der Waals surface area contributed by atoms with Crippen molar-refractivity contribution in [2.24, 2.45) is 0 Å². The van der Waals surface area contributed by atoms with Crippen LogP contribution in [0.5, 0.6) is 0 Å². The number of anilines is 2. The molecule has 1 aliphatic rings. The Bertz CT molecular complexity index is 1500. The van der Waals surface area contributed by atoms with E-state index in [9.17, 15) is 18.0 Å². The predicted octanol–water partition coefficient (Wildman–Crippen LogP) is 4.64. The third-order valence-electron chi connectivity index (χ3n) is 6.14. The van der Waals surface area contributed by atoms with Gasteiger partial charge in [-0.3, -0.25) is 4.79 Å². The van der Waals surface area contributed by atoms with E-state index >= 15 is 0 Å². The third-order valence-corrected chi connectivity index (χ3v) is 6.14. The molecule has 0 unspecified atom stereocenters. The molecule has 0 fully saturated rings. The second-order valence-corrected chi connectivity index (χ2v) is 8.78. The Hall–Kier alpha value is -4.12. The number of aliphatic hydroxyl groups is 1. The van der Waals surface area contributed by atoms with Gasteiger partial charge in [-0.15, -0.1) is 0 Å². The molecule has 8 nitrogen and oxygen atoms in total. The van der Waals surface area contributed by atoms with Gasteiger partial charge in [0.15, 0.2) is 12.2 Å². The van der Waals surface area contributed by atoms with Crippen molar-refractivity contribution < 1.29 is 22.7 Å². The lowest BCUT2D eigenvalue weighted by Crippen LogP contribution is -2.31. The highest BCUT2D eigenvalue weighted by molar-refractivity contribution is 5.75. The maximum absolute atomic E-state index is 14.0. The Kier molecular flexibility index (Phi) is 6.46. The maximum Gasteiger partial charge on any atom is 0.418 e. The van der Waals surface area contributed by atoms with Crippen LogP contribution in [0.25, 0.3) is 28.3 Å². The van der Waals surface area contributed by atoms with Gasteiger partial charge in [-0.2, -0.15) is 23.0 Å². The molecule has 0 atom stereocenters. The van der Waals surface area contributed by atoms with Crippen LogP contribution in [0.3, 0.4) is 0 Å². The average molecular weight is 512 g/mol. The summed E-state index contributed by atoms with van der Waals surface area (Å²) in [5, 5.41) is 19.6. The fourth-order valence-electron chi connectivity index (χ4n) is 4.54. The average Bonchev–Trinajstić information content (AvgIpc) is 3.42. The van der Waals surface area contributed by atoms with Gasteiger partial charge in [0, 0.05) is 35.5 Å². The zero-order chi connectivity index (χ0) is 26.2. The van der Waals surface area contributed by atoms with E-state index in [1.807, 2.05) is 25.1 Å². The van der Waals surface area contributed by atoms with Crippen LogP contribution in [0.4, 0.5) is 24.5 Å². The first-order valence-corrected chi connectivity index (χ1v) is 11.7. The van der Waals surface area contributed by atoms with Gasteiger partial charge in [0.25, 0.3) is 5.56 Å². The van der Waals surface area contributed by atoms with E-state index < -0.39 is 23.0 Å². The smallest absolute Gasteiger partial charge is 0.418 e. The zero-order valence-corrected chi connectivity index (χ0v) is 19.9. The summed E-state index contributed by atoms with van der Waals surface area (Å²) in [6.45, 7) is 2.34. The summed E-state index contributed by atoms with van der Waals surface area (Å²) in [5.74, 6) is 0.535. The van der Waals surface area contributed by atoms with Gasteiger partial charge in [-0.1, -0.05) is 0 Å². The minimum atomic E-state index is -4.72. The topological polar surface area (TPSA) is 105 Å². The number of fused-ring (bicyclic) bond motifs is 1. The Morgan fingerprint density at radius 3 is 2.73 bits per heavy atom. The highest BCUT2D eigenvalue weighted by Gasteiger charge is 2.35. The van der Waals surface area contributed by atoms with Crippen molar-refractivity contribution in [3.63, 3.8) is 0 Å². The lowest BCUT2D eigenvalue weighted by molar-refractivity contribution is -0.137. The lowest BCUT2D eigenvalue weighted by Gasteiger charge is -2.23. The van der Waals surface area contributed by atoms with Crippen molar-refractivity contribution >= 4 is 11.4 Å². The van der Waals surface area contributed by atoms with Crippen LogP contribution < -0.4 is 16.2 Å². The summed E-state index contributed by atoms with van der Waals surface area (Å²) in [5.41, 5.74) is 1.82. The molecule has 11 heteroatoms. The number of hydrogen-bond acceptors (Lipinski definition) is 7. The van der Waals surface area contributed by atoms with Crippen LogP contribution in [-0.4, -0.2) is 39.6 Å². The van der Waals surface area contributed by atoms with Gasteiger partial charge in [0.1, 0.15) is 5.69 Å². The van der Waals surface area contributed by atoms with E-state index in [-0.39, 0.29) is 18.8 Å². The molecule has 4 aromatic rings. The number of hydrogen-bond donors (Lipinski definition) is 3. The molecule has 0 spiro atoms. The van der Waals surface area contributed by atoms with Crippen molar-refractivity contribution in [3.8, 4) is 28.3 Å². The maximum atomic E-state index is 14.0. The first kappa shape index (κ1) is 24.6. The van der Waals surface area contributed by atoms with Crippen LogP contribution in [0.15, 0.2) is 58.2 Å². The van der Waals surface area contributed by atoms with E-state index in [4.69, 9.17) is 9.52 Å². The highest BCUT2D eigenvalue weighted by atomic mass is 19.4. The molecule has 0 saturated carbocycles. The standard InChI is InChI=1S/C26H24F3N5O3/c1-15-9-16(22-13-30-14-37-22)11-17(10-15)23-19-3-2-6-32-24(19)25(36)34(33-23)21-12-18(31-7-8-35)4-5-20(21)26(27,28)29/h4-5,9-14,31-32,35H,2-3,6-8H2,1H3. The molecule has 3 N–H and O–H groups in total. The van der Waals surface area contributed by atoms with Gasteiger partial charge < -0.3 is 20.2 Å². The number of halogens is 3. The fourth-order valence-corrected chi connectivity index (χ4v) is 4.54. The number of alkyl halides is 3. The number of nitrogens with one attached hydrogen (secondary N) is 2. The molecule has 0 bridgehead atoms. The summed E-state index contributed by atoms with van der Waals surface area (Å²) >= 11 is 0. The number of aromatic nitrogens is 3. The minimum absolute atomic E-state index is 0.137. The van der Waals surface area contributed by atoms with Crippen LogP contribution >= 0.6 is 0 Å². The van der Waals surface area contributed by atoms with E-state index in [1.165, 1.54) is 18.5 Å². The molecule has 0 aliphatic carbocycles. The Balaban J connectivity index is 1.77. The quantitative estimate of drug-likeness (QED) is 0.346. The van der Waals surface area contributed by atoms with Crippen molar-refractivity contribution in [3.05, 3.63) is 76.0 Å². The zero-order valence-electron chi connectivity index (χ0n) is 19.9. The van der Waals surface area contributed by atoms with Crippen LogP contribution in [-0.2, 0) is 12.6 Å². The van der Waals surface area contributed by atoms with Gasteiger partial charge in [0.05, 0.1) is 29.7 Å². The van der Waals surface area contributed by atoms with Crippen LogP contribution in [0, 0.1) is 6.92 Å². The van der Waals surface area contributed by atoms with Gasteiger partial charge in [-0.05, 0) is 61.7 Å². The van der Waals surface area contributed by atoms with E-state index in [2.05, 4.69) is 20.7 Å². The first-order valence-electron chi connectivity index (χ1n) is 11.7. The van der Waals surface area contributed by atoms with Crippen LogP contribution in [0.2, 0.25) is 0 Å². The highest BCUT2D eigenvalue weighted by Crippen LogP contribution is 2.37. The number of oxazole rings is 1. The Labute approximate surface area is 209 Å². The van der Waals surface area contributed by atoms with Crippen molar-refractivity contribution in [1.82, 2.24) is 14.8 Å². The normalized spacial score (nSPS) is 13.2. The molecular formula is C26H24F3N5O3. The molecule has 0 amide bonds. The minimum Gasteiger partial charge on any atom is -0.444 e. The fraction of sp³-hybridized carbons (Fsp3) is 0.269. The number of benzene rings is 2. The van der Waals surface area contributed by atoms with Gasteiger partial charge in [0.2, 0.25) is 0 Å². The van der Waals surface area contributed by atoms with Crippen LogP contribution in [0.1, 0.15) is 23.1 Å². The molecule has 2 aromatic carbocycles. The third kappa shape index (κ3) is 4.82. The monoisotopic (exact) mass is 511 g/mol. The molecule has 5 rings (SSSR count). The second-order valence-electron chi connectivity index (χ2n) is 8.78. The summed E-state index contributed by atoms with van der Waals surface area (Å²) in [6.07, 6.45) is -0.530. The van der Waals surface area contributed by atoms with Crippen molar-refractivity contribution in [2.75, 3.05) is 30.3 Å². The number of nitrogens with zero attached hydrogens (tertiary/aromatic N) is 3. The SMILES string of the molecule is Cc1cc(-c2cnco2)cc(-c2nn(-c3cc(NCCO)ccc3C(F)(F)F)c(=O)c3c2CCCN3)c1. The van der Waals surface area contributed by atoms with Crippen molar-refractivity contribution in [1.29, 1.82) is 0 Å². The van der Waals surface area contributed by atoms with Gasteiger partial charge >= 0.3 is 6.18 Å².